The second-order valence-electron chi connectivity index (χ2n) is 4.92. The zero-order valence-electron chi connectivity index (χ0n) is 11.8. The van der Waals surface area contributed by atoms with Crippen LogP contribution in [-0.4, -0.2) is 16.9 Å². The summed E-state index contributed by atoms with van der Waals surface area (Å²) < 4.78 is 0. The van der Waals surface area contributed by atoms with Crippen molar-refractivity contribution in [2.24, 2.45) is 5.73 Å². The fraction of sp³-hybridized carbons (Fsp3) is 0.571. The van der Waals surface area contributed by atoms with Gasteiger partial charge in [-0.2, -0.15) is 0 Å². The van der Waals surface area contributed by atoms with Gasteiger partial charge in [0.2, 0.25) is 0 Å². The van der Waals surface area contributed by atoms with Crippen LogP contribution in [0.5, 0.6) is 0 Å². The summed E-state index contributed by atoms with van der Waals surface area (Å²) in [5.41, 5.74) is 11.5. The van der Waals surface area contributed by atoms with Crippen molar-refractivity contribution < 1.29 is 4.79 Å². The fourth-order valence-corrected chi connectivity index (χ4v) is 1.96. The first-order chi connectivity index (χ1) is 9.04. The molecule has 0 radical (unpaired) electrons. The van der Waals surface area contributed by atoms with Crippen LogP contribution in [0.4, 0.5) is 11.5 Å². The Balaban J connectivity index is 2.52. The molecule has 0 aliphatic carbocycles. The number of nitrogen functional groups attached to an aromatic ring is 1. The van der Waals surface area contributed by atoms with Crippen molar-refractivity contribution in [1.29, 1.82) is 0 Å². The third-order valence-electron chi connectivity index (χ3n) is 3.09. The number of pyridine rings is 1. The number of nitrogens with one attached hydrogen (secondary N) is 1. The molecule has 19 heavy (non-hydrogen) atoms. The summed E-state index contributed by atoms with van der Waals surface area (Å²) in [6.07, 6.45) is 7.51. The van der Waals surface area contributed by atoms with Crippen LogP contribution in [0.2, 0.25) is 0 Å². The van der Waals surface area contributed by atoms with Gasteiger partial charge >= 0.3 is 0 Å². The highest BCUT2D eigenvalue weighted by Gasteiger charge is 2.09. The average Bonchev–Trinajstić information content (AvgIpc) is 2.36. The summed E-state index contributed by atoms with van der Waals surface area (Å²) >= 11 is 0. The number of hydrogen-bond donors (Lipinski definition) is 3. The van der Waals surface area contributed by atoms with Gasteiger partial charge < -0.3 is 16.8 Å². The number of carbonyl (C=O) groups excluding carboxylic acids is 1. The summed E-state index contributed by atoms with van der Waals surface area (Å²) in [5.74, 6) is 0.115. The van der Waals surface area contributed by atoms with E-state index in [0.29, 0.717) is 23.1 Å². The van der Waals surface area contributed by atoms with E-state index < -0.39 is 5.91 Å². The van der Waals surface area contributed by atoms with Gasteiger partial charge in [-0.15, -0.1) is 0 Å². The number of nitrogens with two attached hydrogens (primary N) is 2. The molecule has 0 bridgehead atoms. The SMILES string of the molecule is CCCCCCC(C)Nc1cc(C(N)=O)c(N)cn1. The number of unbranched alkanes of at least 4 members (excludes halogenated alkanes) is 3. The molecule has 0 spiro atoms. The maximum atomic E-state index is 11.2. The molecule has 5 nitrogen and oxygen atoms in total. The van der Waals surface area contributed by atoms with Gasteiger partial charge in [-0.1, -0.05) is 32.6 Å². The molecule has 106 valence electrons. The van der Waals surface area contributed by atoms with Crippen molar-refractivity contribution in [3.05, 3.63) is 17.8 Å². The molecule has 0 aliphatic heterocycles. The van der Waals surface area contributed by atoms with E-state index in [-0.39, 0.29) is 0 Å². The molecule has 0 aliphatic rings. The Morgan fingerprint density at radius 1 is 1.42 bits per heavy atom. The first-order valence-corrected chi connectivity index (χ1v) is 6.86. The third kappa shape index (κ3) is 5.16. The number of carbonyl (C=O) groups is 1. The Morgan fingerprint density at radius 2 is 2.16 bits per heavy atom. The van der Waals surface area contributed by atoms with Gasteiger partial charge in [0, 0.05) is 6.04 Å². The lowest BCUT2D eigenvalue weighted by Crippen LogP contribution is -2.18. The quantitative estimate of drug-likeness (QED) is 0.629. The zero-order valence-corrected chi connectivity index (χ0v) is 11.8. The fourth-order valence-electron chi connectivity index (χ4n) is 1.96. The molecule has 0 saturated carbocycles. The maximum Gasteiger partial charge on any atom is 0.250 e. The van der Waals surface area contributed by atoms with Crippen LogP contribution < -0.4 is 16.8 Å². The Labute approximate surface area is 114 Å². The normalized spacial score (nSPS) is 12.1. The summed E-state index contributed by atoms with van der Waals surface area (Å²) in [4.78, 5) is 15.4. The molecule has 0 saturated heterocycles. The van der Waals surface area contributed by atoms with Crippen LogP contribution in [0.3, 0.4) is 0 Å². The highest BCUT2D eigenvalue weighted by molar-refractivity contribution is 5.98. The van der Waals surface area contributed by atoms with Crippen LogP contribution in [0.1, 0.15) is 56.3 Å². The molecule has 1 aromatic rings. The number of rotatable bonds is 8. The minimum absolute atomic E-state index is 0.314. The van der Waals surface area contributed by atoms with E-state index in [1.54, 1.807) is 6.07 Å². The molecule has 1 heterocycles. The van der Waals surface area contributed by atoms with Gasteiger partial charge in [0.1, 0.15) is 5.82 Å². The minimum Gasteiger partial charge on any atom is -0.397 e. The highest BCUT2D eigenvalue weighted by atomic mass is 16.1. The van der Waals surface area contributed by atoms with Crippen LogP contribution >= 0.6 is 0 Å². The highest BCUT2D eigenvalue weighted by Crippen LogP contribution is 2.16. The monoisotopic (exact) mass is 264 g/mol. The molecule has 1 rings (SSSR count). The number of anilines is 2. The largest absolute Gasteiger partial charge is 0.397 e. The molecule has 1 aromatic heterocycles. The molecule has 0 aromatic carbocycles. The van der Waals surface area contributed by atoms with Gasteiger partial charge in [-0.25, -0.2) is 4.98 Å². The van der Waals surface area contributed by atoms with Crippen molar-refractivity contribution >= 4 is 17.4 Å². The predicted octanol–water partition coefficient (Wildman–Crippen LogP) is 2.53. The van der Waals surface area contributed by atoms with Crippen LogP contribution in [-0.2, 0) is 0 Å². The van der Waals surface area contributed by atoms with E-state index >= 15 is 0 Å². The van der Waals surface area contributed by atoms with Gasteiger partial charge in [0.15, 0.2) is 0 Å². The molecule has 1 unspecified atom stereocenters. The first kappa shape index (κ1) is 15.3. The molecule has 5 heteroatoms. The summed E-state index contributed by atoms with van der Waals surface area (Å²) in [5, 5.41) is 3.27. The van der Waals surface area contributed by atoms with Gasteiger partial charge in [0.25, 0.3) is 5.91 Å². The second-order valence-corrected chi connectivity index (χ2v) is 4.92. The average molecular weight is 264 g/mol. The molecule has 5 N–H and O–H groups in total. The summed E-state index contributed by atoms with van der Waals surface area (Å²) in [7, 11) is 0. The molecular weight excluding hydrogens is 240 g/mol. The van der Waals surface area contributed by atoms with Crippen molar-refractivity contribution in [2.75, 3.05) is 11.1 Å². The number of hydrogen-bond acceptors (Lipinski definition) is 4. The molecule has 1 amide bonds. The van der Waals surface area contributed by atoms with Crippen LogP contribution in [0.25, 0.3) is 0 Å². The lowest BCUT2D eigenvalue weighted by molar-refractivity contribution is 0.100. The molecule has 1 atom stereocenters. The summed E-state index contributed by atoms with van der Waals surface area (Å²) in [6.45, 7) is 4.30. The van der Waals surface area contributed by atoms with Gasteiger partial charge in [-0.3, -0.25) is 4.79 Å². The van der Waals surface area contributed by atoms with Crippen LogP contribution in [0.15, 0.2) is 12.3 Å². The number of aromatic nitrogens is 1. The predicted molar refractivity (Wildman–Crippen MR) is 79.0 cm³/mol. The maximum absolute atomic E-state index is 11.2. The Hall–Kier alpha value is -1.78. The van der Waals surface area contributed by atoms with Gasteiger partial charge in [-0.05, 0) is 19.4 Å². The minimum atomic E-state index is -0.529. The summed E-state index contributed by atoms with van der Waals surface area (Å²) in [6, 6.07) is 1.92. The van der Waals surface area contributed by atoms with Gasteiger partial charge in [0.05, 0.1) is 17.4 Å². The molecular formula is C14H24N4O. The van der Waals surface area contributed by atoms with E-state index in [0.717, 1.165) is 6.42 Å². The van der Waals surface area contributed by atoms with E-state index in [4.69, 9.17) is 11.5 Å². The smallest absolute Gasteiger partial charge is 0.250 e. The lowest BCUT2D eigenvalue weighted by atomic mass is 10.1. The first-order valence-electron chi connectivity index (χ1n) is 6.86. The Bertz CT molecular complexity index is 420. The zero-order chi connectivity index (χ0) is 14.3. The third-order valence-corrected chi connectivity index (χ3v) is 3.09. The Morgan fingerprint density at radius 3 is 2.79 bits per heavy atom. The van der Waals surface area contributed by atoms with Crippen LogP contribution in [0, 0.1) is 0 Å². The van der Waals surface area contributed by atoms with E-state index in [1.165, 1.54) is 31.9 Å². The van der Waals surface area contributed by atoms with E-state index in [1.807, 2.05) is 0 Å². The lowest BCUT2D eigenvalue weighted by Gasteiger charge is -2.15. The van der Waals surface area contributed by atoms with Crippen molar-refractivity contribution in [3.63, 3.8) is 0 Å². The number of nitrogens with zero attached hydrogens (tertiary/aromatic N) is 1. The topological polar surface area (TPSA) is 94.0 Å². The number of primary amides is 1. The number of amides is 1. The van der Waals surface area contributed by atoms with Crippen molar-refractivity contribution in [3.8, 4) is 0 Å². The van der Waals surface area contributed by atoms with E-state index in [9.17, 15) is 4.79 Å². The standard InChI is InChI=1S/C14H24N4O/c1-3-4-5-6-7-10(2)18-13-8-11(14(16)19)12(15)9-17-13/h8-10H,3-7,15H2,1-2H3,(H2,16,19)(H,17,18). The Kier molecular flexibility index (Phi) is 6.12. The second kappa shape index (κ2) is 7.61. The molecule has 0 fully saturated rings. The van der Waals surface area contributed by atoms with Crippen molar-refractivity contribution in [1.82, 2.24) is 4.98 Å². The van der Waals surface area contributed by atoms with Crippen molar-refractivity contribution in [2.45, 2.75) is 52.0 Å². The van der Waals surface area contributed by atoms with E-state index in [2.05, 4.69) is 24.1 Å².